The Kier molecular flexibility index (Phi) is 7.05. The van der Waals surface area contributed by atoms with Gasteiger partial charge in [0.1, 0.15) is 0 Å². The molecule has 0 unspecified atom stereocenters. The van der Waals surface area contributed by atoms with Crippen LogP contribution in [-0.4, -0.2) is 50.5 Å². The van der Waals surface area contributed by atoms with E-state index in [0.717, 1.165) is 47.5 Å². The van der Waals surface area contributed by atoms with Crippen molar-refractivity contribution in [1.82, 2.24) is 19.7 Å². The minimum Gasteiger partial charge on any atom is -0.478 e. The van der Waals surface area contributed by atoms with Crippen LogP contribution in [0.4, 0.5) is 5.69 Å². The van der Waals surface area contributed by atoms with Crippen molar-refractivity contribution in [2.75, 3.05) is 24.6 Å². The minimum absolute atomic E-state index is 0.174. The van der Waals surface area contributed by atoms with Gasteiger partial charge in [0.05, 0.1) is 29.7 Å². The molecule has 10 heteroatoms. The molecule has 2 N–H and O–H groups in total. The van der Waals surface area contributed by atoms with Crippen LogP contribution in [0.2, 0.25) is 0 Å². The summed E-state index contributed by atoms with van der Waals surface area (Å²) in [4.78, 5) is 33.3. The number of aromatic carboxylic acids is 1. The number of fused-ring (bicyclic) bond motifs is 1. The number of nitrogens with one attached hydrogen (secondary N) is 1. The number of piperidine rings is 1. The largest absolute Gasteiger partial charge is 0.478 e. The van der Waals surface area contributed by atoms with Gasteiger partial charge >= 0.3 is 11.7 Å². The number of carbonyl (C=O) groups is 1. The molecule has 1 saturated heterocycles. The third-order valence-electron chi connectivity index (χ3n) is 7.56. The van der Waals surface area contributed by atoms with Gasteiger partial charge in [0.15, 0.2) is 5.82 Å². The highest BCUT2D eigenvalue weighted by atomic mass is 16.5. The van der Waals surface area contributed by atoms with Crippen LogP contribution in [0.3, 0.4) is 0 Å². The topological polar surface area (TPSA) is 126 Å². The Morgan fingerprint density at radius 3 is 2.68 bits per heavy atom. The average Bonchev–Trinajstić information content (AvgIpc) is 3.56. The summed E-state index contributed by atoms with van der Waals surface area (Å²) in [5, 5.41) is 13.8. The summed E-state index contributed by atoms with van der Waals surface area (Å²) < 4.78 is 12.4. The van der Waals surface area contributed by atoms with Crippen molar-refractivity contribution in [2.24, 2.45) is 5.92 Å². The third-order valence-corrected chi connectivity index (χ3v) is 7.56. The van der Waals surface area contributed by atoms with Crippen LogP contribution in [-0.2, 0) is 6.54 Å². The number of ether oxygens (including phenoxy) is 1. The monoisotopic (exact) mass is 553 g/mol. The van der Waals surface area contributed by atoms with Crippen molar-refractivity contribution in [3.8, 4) is 28.5 Å². The van der Waals surface area contributed by atoms with Crippen LogP contribution in [0, 0.1) is 5.92 Å². The van der Waals surface area contributed by atoms with Crippen molar-refractivity contribution in [3.05, 3.63) is 82.3 Å². The van der Waals surface area contributed by atoms with Crippen molar-refractivity contribution < 1.29 is 19.2 Å². The van der Waals surface area contributed by atoms with Gasteiger partial charge in [-0.3, -0.25) is 14.1 Å². The lowest BCUT2D eigenvalue weighted by atomic mass is 9.95. The van der Waals surface area contributed by atoms with Gasteiger partial charge in [-0.1, -0.05) is 42.4 Å². The lowest BCUT2D eigenvalue weighted by Gasteiger charge is -2.33. The first-order valence-corrected chi connectivity index (χ1v) is 13.8. The normalized spacial score (nSPS) is 15.4. The van der Waals surface area contributed by atoms with Gasteiger partial charge in [-0.15, -0.1) is 0 Å². The zero-order valence-corrected chi connectivity index (χ0v) is 23.0. The van der Waals surface area contributed by atoms with Crippen LogP contribution in [0.25, 0.3) is 33.5 Å². The molecule has 0 bridgehead atoms. The molecule has 3 heterocycles. The number of hydrogen-bond donors (Lipinski definition) is 2. The van der Waals surface area contributed by atoms with Crippen molar-refractivity contribution in [3.63, 3.8) is 0 Å². The van der Waals surface area contributed by atoms with Gasteiger partial charge in [-0.25, -0.2) is 9.59 Å². The quantitative estimate of drug-likeness (QED) is 0.261. The average molecular weight is 554 g/mol. The Labute approximate surface area is 236 Å². The first kappa shape index (κ1) is 26.4. The fourth-order valence-corrected chi connectivity index (χ4v) is 5.64. The maximum Gasteiger partial charge on any atom is 0.439 e. The van der Waals surface area contributed by atoms with E-state index in [1.54, 1.807) is 22.8 Å². The molecule has 10 nitrogen and oxygen atoms in total. The maximum atomic E-state index is 12.0. The fourth-order valence-electron chi connectivity index (χ4n) is 5.64. The smallest absolute Gasteiger partial charge is 0.439 e. The van der Waals surface area contributed by atoms with Gasteiger partial charge < -0.3 is 14.7 Å². The number of aromatic amines is 1. The molecule has 0 saturated carbocycles. The number of benzene rings is 3. The first-order chi connectivity index (χ1) is 19.9. The highest BCUT2D eigenvalue weighted by Crippen LogP contribution is 2.35. The zero-order chi connectivity index (χ0) is 28.5. The van der Waals surface area contributed by atoms with Gasteiger partial charge in [0, 0.05) is 24.3 Å². The molecule has 41 heavy (non-hydrogen) atoms. The highest BCUT2D eigenvalue weighted by molar-refractivity contribution is 6.01. The van der Waals surface area contributed by atoms with E-state index in [4.69, 9.17) is 9.26 Å². The molecular weight excluding hydrogens is 522 g/mol. The summed E-state index contributed by atoms with van der Waals surface area (Å²) in [6, 6.07) is 19.7. The molecule has 0 amide bonds. The van der Waals surface area contributed by atoms with E-state index >= 15 is 0 Å². The predicted molar refractivity (Wildman–Crippen MR) is 156 cm³/mol. The summed E-state index contributed by atoms with van der Waals surface area (Å²) in [6.07, 6.45) is 2.38. The second-order valence-corrected chi connectivity index (χ2v) is 10.5. The molecule has 1 fully saturated rings. The third kappa shape index (κ3) is 5.20. The number of carboxylic acids is 1. The number of anilines is 1. The van der Waals surface area contributed by atoms with E-state index in [1.165, 1.54) is 6.42 Å². The summed E-state index contributed by atoms with van der Waals surface area (Å²) in [5.41, 5.74) is 5.98. The number of nitrogens with zero attached hydrogens (tertiary/aromatic N) is 4. The Morgan fingerprint density at radius 2 is 1.98 bits per heavy atom. The maximum absolute atomic E-state index is 12.0. The van der Waals surface area contributed by atoms with Crippen molar-refractivity contribution in [2.45, 2.75) is 33.2 Å². The minimum atomic E-state index is -1.02. The van der Waals surface area contributed by atoms with Crippen LogP contribution in [0.1, 0.15) is 42.6 Å². The highest BCUT2D eigenvalue weighted by Gasteiger charge is 2.21. The van der Waals surface area contributed by atoms with Gasteiger partial charge in [0.25, 0.3) is 6.01 Å². The molecular formula is C31H31N5O5. The predicted octanol–water partition coefficient (Wildman–Crippen LogP) is 5.43. The molecule has 6 rings (SSSR count). The van der Waals surface area contributed by atoms with E-state index in [0.29, 0.717) is 41.9 Å². The van der Waals surface area contributed by atoms with Crippen LogP contribution in [0.5, 0.6) is 6.01 Å². The van der Waals surface area contributed by atoms with Gasteiger partial charge in [-0.2, -0.15) is 4.98 Å². The molecule has 2 aromatic heterocycles. The Balaban J connectivity index is 1.38. The molecule has 5 aromatic rings. The molecule has 210 valence electrons. The first-order valence-electron chi connectivity index (χ1n) is 13.8. The van der Waals surface area contributed by atoms with E-state index in [9.17, 15) is 14.7 Å². The Morgan fingerprint density at radius 1 is 1.15 bits per heavy atom. The summed E-state index contributed by atoms with van der Waals surface area (Å²) in [6.45, 7) is 6.93. The summed E-state index contributed by atoms with van der Waals surface area (Å²) >= 11 is 0. The van der Waals surface area contributed by atoms with E-state index in [-0.39, 0.29) is 5.56 Å². The number of carboxylic acid groups (broad SMARTS) is 1. The van der Waals surface area contributed by atoms with Crippen LogP contribution < -0.4 is 15.4 Å². The van der Waals surface area contributed by atoms with Gasteiger partial charge in [0.2, 0.25) is 0 Å². The number of para-hydroxylation sites is 1. The second-order valence-electron chi connectivity index (χ2n) is 10.5. The molecule has 0 spiro atoms. The second kappa shape index (κ2) is 11.0. The van der Waals surface area contributed by atoms with E-state index in [1.807, 2.05) is 37.3 Å². The van der Waals surface area contributed by atoms with Crippen LogP contribution in [0.15, 0.2) is 70.0 Å². The standard InChI is InChI=1S/C31H31N5O5/c1-3-40-30-32-26-8-4-7-24(29(37)38)27(26)36(30)18-20-9-11-21(12-10-20)25-16-22(35-15-5-6-19(2)17-35)13-14-23(25)28-33-31(39)41-34-28/h4,7-14,16,19H,3,5-6,15,17-18H2,1-2H3,(H,37,38)(H,33,34,39)/t19-/m1/s1. The Bertz CT molecular complexity index is 1770. The SMILES string of the molecule is CCOc1nc2cccc(C(=O)O)c2n1Cc1ccc(-c2cc(N3CCC[C@@H](C)C3)ccc2-c2noc(=O)[nH]2)cc1. The molecule has 0 radical (unpaired) electrons. The molecule has 1 atom stereocenters. The summed E-state index contributed by atoms with van der Waals surface area (Å²) in [7, 11) is 0. The number of rotatable bonds is 8. The zero-order valence-electron chi connectivity index (χ0n) is 23.0. The number of imidazole rings is 1. The number of aromatic nitrogens is 4. The molecule has 1 aliphatic heterocycles. The van der Waals surface area contributed by atoms with E-state index in [2.05, 4.69) is 39.1 Å². The molecule has 1 aliphatic rings. The summed E-state index contributed by atoms with van der Waals surface area (Å²) in [5.74, 6) is -0.620. The van der Waals surface area contributed by atoms with E-state index < -0.39 is 11.7 Å². The molecule has 0 aliphatic carbocycles. The Hall–Kier alpha value is -4.86. The van der Waals surface area contributed by atoms with Crippen molar-refractivity contribution in [1.29, 1.82) is 0 Å². The van der Waals surface area contributed by atoms with Crippen molar-refractivity contribution >= 4 is 22.7 Å². The lowest BCUT2D eigenvalue weighted by molar-refractivity contribution is 0.0698. The fraction of sp³-hybridized carbons (Fsp3) is 0.290. The molecule has 3 aromatic carbocycles. The number of H-pyrrole nitrogens is 1. The number of hydrogen-bond acceptors (Lipinski definition) is 7. The van der Waals surface area contributed by atoms with Crippen LogP contribution >= 0.6 is 0 Å². The van der Waals surface area contributed by atoms with Gasteiger partial charge in [-0.05, 0) is 72.7 Å². The lowest BCUT2D eigenvalue weighted by Crippen LogP contribution is -2.34.